The number of hydrogen-bond acceptors (Lipinski definition) is 10. The van der Waals surface area contributed by atoms with E-state index in [-0.39, 0.29) is 104 Å². The van der Waals surface area contributed by atoms with Crippen molar-refractivity contribution in [2.45, 2.75) is 9.79 Å². The van der Waals surface area contributed by atoms with Crippen LogP contribution in [-0.4, -0.2) is 69.8 Å². The van der Waals surface area contributed by atoms with E-state index >= 15 is 0 Å². The first kappa shape index (κ1) is 34.7. The maximum atomic E-state index is 12.2. The van der Waals surface area contributed by atoms with E-state index in [0.717, 1.165) is 36.4 Å². The van der Waals surface area contributed by atoms with E-state index in [2.05, 4.69) is 9.97 Å². The van der Waals surface area contributed by atoms with E-state index in [1.54, 1.807) is 0 Å². The van der Waals surface area contributed by atoms with Gasteiger partial charge in [-0.1, -0.05) is 24.3 Å². The van der Waals surface area contributed by atoms with Gasteiger partial charge in [0.1, 0.15) is 0 Å². The van der Waals surface area contributed by atoms with Crippen LogP contribution in [0.2, 0.25) is 0 Å². The smallest absolute Gasteiger partial charge is 0.282 e. The number of nitrogens with zero attached hydrogens (tertiary/aromatic N) is 4. The van der Waals surface area contributed by atoms with Gasteiger partial charge < -0.3 is 0 Å². The summed E-state index contributed by atoms with van der Waals surface area (Å²) < 4.78 is 134. The van der Waals surface area contributed by atoms with E-state index in [4.69, 9.17) is 0 Å². The fourth-order valence-electron chi connectivity index (χ4n) is 3.99. The summed E-state index contributed by atoms with van der Waals surface area (Å²) in [6, 6.07) is 10.7. The van der Waals surface area contributed by atoms with Crippen LogP contribution in [0.15, 0.2) is 70.5 Å². The Hall–Kier alpha value is -1.76. The van der Waals surface area contributed by atoms with E-state index in [1.165, 1.54) is 24.3 Å². The Kier molecular flexibility index (Phi) is 9.62. The molecule has 5 aromatic rings. The van der Waals surface area contributed by atoms with Crippen LogP contribution in [0.25, 0.3) is 44.8 Å². The van der Waals surface area contributed by atoms with Crippen LogP contribution >= 0.6 is 0 Å². The van der Waals surface area contributed by atoms with Gasteiger partial charge in [0.25, 0.3) is 20.2 Å². The molecule has 0 spiro atoms. The second-order valence-corrected chi connectivity index (χ2v) is 13.5. The molecular weight excluding hydrogens is 662 g/mol. The summed E-state index contributed by atoms with van der Waals surface area (Å²) in [5.41, 5.74) is -0.804. The van der Waals surface area contributed by atoms with Gasteiger partial charge in [0.15, 0.2) is 11.6 Å². The molecule has 2 heterocycles. The number of rotatable bonds is 6. The Morgan fingerprint density at radius 2 is 0.810 bits per heavy atom. The Bertz CT molecular complexity index is 2150. The molecular formula is C20H14N4Na2O12S4+2. The van der Waals surface area contributed by atoms with Crippen molar-refractivity contribution in [1.29, 1.82) is 0 Å². The summed E-state index contributed by atoms with van der Waals surface area (Å²) in [6.45, 7) is 0. The largest absolute Gasteiger partial charge is 1.00 e. The molecule has 4 N–H and O–H groups in total. The summed E-state index contributed by atoms with van der Waals surface area (Å²) in [5, 5.41) is 0. The van der Waals surface area contributed by atoms with Crippen LogP contribution in [0.5, 0.6) is 0 Å². The van der Waals surface area contributed by atoms with Crippen molar-refractivity contribution >= 4 is 62.9 Å². The third kappa shape index (κ3) is 6.51. The van der Waals surface area contributed by atoms with Gasteiger partial charge in [-0.05, 0) is 36.4 Å². The molecule has 42 heavy (non-hydrogen) atoms. The van der Waals surface area contributed by atoms with Crippen molar-refractivity contribution in [3.63, 3.8) is 0 Å². The molecule has 0 saturated heterocycles. The number of benzene rings is 3. The van der Waals surface area contributed by atoms with Gasteiger partial charge in [-0.15, -0.1) is 0 Å². The zero-order valence-electron chi connectivity index (χ0n) is 21.3. The molecule has 3 aromatic carbocycles. The van der Waals surface area contributed by atoms with Crippen LogP contribution < -0.4 is 59.1 Å². The molecule has 0 aliphatic heterocycles. The first-order valence-corrected chi connectivity index (χ1v) is 16.1. The monoisotopic (exact) mass is 676 g/mol. The van der Waals surface area contributed by atoms with Crippen LogP contribution in [0.4, 0.5) is 0 Å². The third-order valence-electron chi connectivity index (χ3n) is 5.63. The molecule has 210 valence electrons. The van der Waals surface area contributed by atoms with Gasteiger partial charge in [0.2, 0.25) is 0 Å². The summed E-state index contributed by atoms with van der Waals surface area (Å²) >= 11 is 0. The average molecular weight is 677 g/mol. The van der Waals surface area contributed by atoms with Gasteiger partial charge in [-0.2, -0.15) is 41.6 Å². The van der Waals surface area contributed by atoms with E-state index in [0.29, 0.717) is 7.94 Å². The molecule has 5 rings (SSSR count). The first-order chi connectivity index (χ1) is 18.4. The number of imidazole rings is 2. The minimum absolute atomic E-state index is 0. The van der Waals surface area contributed by atoms with Gasteiger partial charge >= 0.3 is 79.7 Å². The molecule has 0 aliphatic rings. The Morgan fingerprint density at radius 1 is 0.500 bits per heavy atom. The van der Waals surface area contributed by atoms with Crippen LogP contribution in [0, 0.1) is 0 Å². The number of fused-ring (bicyclic) bond motifs is 2. The SMILES string of the molecule is O=S(=O)(O)c1ccc2nc(-c3ccc(-c4nc5ccc(S(=O)(=O)O)cc5n4S(=O)(=O)O)cc3)n(S(=O)(=O)O)c2c1.[Na+].[Na+]. The molecule has 0 bridgehead atoms. The van der Waals surface area contributed by atoms with Crippen molar-refractivity contribution in [1.82, 2.24) is 17.9 Å². The van der Waals surface area contributed by atoms with Gasteiger partial charge in [0, 0.05) is 11.1 Å². The Labute approximate surface area is 282 Å². The van der Waals surface area contributed by atoms with Gasteiger partial charge in [-0.25, -0.2) is 9.97 Å². The molecule has 0 unspecified atom stereocenters. The van der Waals surface area contributed by atoms with Crippen molar-refractivity contribution < 1.29 is 111 Å². The Balaban J connectivity index is 0.00000242. The minimum atomic E-state index is -5.07. The number of aromatic nitrogens is 4. The molecule has 0 radical (unpaired) electrons. The molecule has 0 atom stereocenters. The second kappa shape index (κ2) is 11.6. The van der Waals surface area contributed by atoms with Crippen molar-refractivity contribution in [3.8, 4) is 22.8 Å². The predicted molar refractivity (Wildman–Crippen MR) is 137 cm³/mol. The molecule has 16 nitrogen and oxygen atoms in total. The van der Waals surface area contributed by atoms with Gasteiger partial charge in [-0.3, -0.25) is 18.2 Å². The quantitative estimate of drug-likeness (QED) is 0.0978. The maximum absolute atomic E-state index is 12.2. The van der Waals surface area contributed by atoms with Gasteiger partial charge in [0.05, 0.1) is 31.9 Å². The molecule has 0 aliphatic carbocycles. The average Bonchev–Trinajstić information content (AvgIpc) is 3.41. The van der Waals surface area contributed by atoms with Crippen molar-refractivity contribution in [3.05, 3.63) is 60.7 Å². The van der Waals surface area contributed by atoms with Crippen LogP contribution in [0.1, 0.15) is 0 Å². The molecule has 0 fully saturated rings. The molecule has 0 saturated carbocycles. The summed E-state index contributed by atoms with van der Waals surface area (Å²) in [6.07, 6.45) is 0. The van der Waals surface area contributed by atoms with E-state index in [1.807, 2.05) is 0 Å². The maximum Gasteiger partial charge on any atom is 1.00 e. The summed E-state index contributed by atoms with van der Waals surface area (Å²) in [5.74, 6) is -0.754. The Morgan fingerprint density at radius 3 is 1.07 bits per heavy atom. The third-order valence-corrected chi connectivity index (χ3v) is 8.99. The zero-order valence-corrected chi connectivity index (χ0v) is 28.5. The summed E-state index contributed by atoms with van der Waals surface area (Å²) in [4.78, 5) is 6.90. The molecule has 22 heteroatoms. The topological polar surface area (TPSA) is 253 Å². The fraction of sp³-hybridized carbons (Fsp3) is 0. The minimum Gasteiger partial charge on any atom is -0.282 e. The summed E-state index contributed by atoms with van der Waals surface area (Å²) in [7, 11) is -19.6. The van der Waals surface area contributed by atoms with E-state index < -0.39 is 50.6 Å². The first-order valence-electron chi connectivity index (χ1n) is 10.4. The zero-order chi connectivity index (χ0) is 29.4. The van der Waals surface area contributed by atoms with Crippen LogP contribution in [0.3, 0.4) is 0 Å². The predicted octanol–water partition coefficient (Wildman–Crippen LogP) is -4.48. The standard InChI is InChI=1S/C20H14N4O12S4.2Na/c25-37(26,27)13-5-7-15-17(9-13)23(39(31,32)33)19(21-15)11-1-2-12(4-3-11)20-22-16-8-6-14(38(28,29)30)10-18(16)24(20)40(34,35)36;;/h1-10H,(H,25,26,27)(H,28,29,30)(H,31,32,33)(H,34,35,36);;/q;2*+1. The number of hydrogen-bond donors (Lipinski definition) is 4. The normalized spacial score (nSPS) is 12.7. The second-order valence-electron chi connectivity index (χ2n) is 8.18. The molecule has 2 aromatic heterocycles. The van der Waals surface area contributed by atoms with E-state index in [9.17, 15) is 51.9 Å². The fourth-order valence-corrected chi connectivity index (χ4v) is 6.51. The molecule has 0 amide bonds. The van der Waals surface area contributed by atoms with Crippen LogP contribution in [-0.2, 0) is 40.8 Å². The van der Waals surface area contributed by atoms with Crippen molar-refractivity contribution in [2.75, 3.05) is 0 Å². The van der Waals surface area contributed by atoms with Crippen molar-refractivity contribution in [2.24, 2.45) is 0 Å².